The van der Waals surface area contributed by atoms with E-state index in [9.17, 15) is 18.0 Å². The summed E-state index contributed by atoms with van der Waals surface area (Å²) in [6.07, 6.45) is -4.48. The van der Waals surface area contributed by atoms with Gasteiger partial charge in [-0.25, -0.2) is 9.78 Å². The molecule has 0 radical (unpaired) electrons. The zero-order chi connectivity index (χ0) is 14.9. The molecule has 0 atom stereocenters. The summed E-state index contributed by atoms with van der Waals surface area (Å²) in [4.78, 5) is 14.7. The highest BCUT2D eigenvalue weighted by Crippen LogP contribution is 2.32. The van der Waals surface area contributed by atoms with E-state index in [1.165, 1.54) is 18.2 Å². The Kier molecular flexibility index (Phi) is 3.67. The van der Waals surface area contributed by atoms with Crippen molar-refractivity contribution < 1.29 is 23.1 Å². The molecule has 0 spiro atoms. The normalized spacial score (nSPS) is 11.4. The van der Waals surface area contributed by atoms with Gasteiger partial charge < -0.3 is 5.11 Å². The lowest BCUT2D eigenvalue weighted by molar-refractivity contribution is -0.137. The molecule has 0 amide bonds. The molecule has 20 heavy (non-hydrogen) atoms. The number of hydrogen-bond donors (Lipinski definition) is 1. The molecule has 7 heteroatoms. The van der Waals surface area contributed by atoms with Gasteiger partial charge in [-0.1, -0.05) is 23.7 Å². The minimum Gasteiger partial charge on any atom is -0.478 e. The molecule has 1 aromatic heterocycles. The van der Waals surface area contributed by atoms with E-state index in [0.29, 0.717) is 0 Å². The SMILES string of the molecule is O=C(O)c1cc(Cl)nc(-c2cccc(C(F)(F)F)c2)c1. The van der Waals surface area contributed by atoms with Gasteiger partial charge in [0.25, 0.3) is 0 Å². The number of pyridine rings is 1. The van der Waals surface area contributed by atoms with Gasteiger partial charge in [0, 0.05) is 5.56 Å². The van der Waals surface area contributed by atoms with Crippen LogP contribution in [0.15, 0.2) is 36.4 Å². The molecular weight excluding hydrogens is 295 g/mol. The van der Waals surface area contributed by atoms with Crippen molar-refractivity contribution in [3.05, 3.63) is 52.7 Å². The van der Waals surface area contributed by atoms with Gasteiger partial charge in [0.15, 0.2) is 0 Å². The molecule has 0 aliphatic heterocycles. The maximum atomic E-state index is 12.6. The third kappa shape index (κ3) is 3.08. The molecule has 0 fully saturated rings. The largest absolute Gasteiger partial charge is 0.478 e. The number of carboxylic acid groups (broad SMARTS) is 1. The summed E-state index contributed by atoms with van der Waals surface area (Å²) in [5.74, 6) is -1.23. The number of halogens is 4. The number of aromatic carboxylic acids is 1. The van der Waals surface area contributed by atoms with Gasteiger partial charge in [-0.15, -0.1) is 0 Å². The lowest BCUT2D eigenvalue weighted by atomic mass is 10.1. The van der Waals surface area contributed by atoms with Crippen molar-refractivity contribution in [2.45, 2.75) is 6.18 Å². The minimum absolute atomic E-state index is 0.0704. The van der Waals surface area contributed by atoms with E-state index >= 15 is 0 Å². The first-order valence-electron chi connectivity index (χ1n) is 5.36. The van der Waals surface area contributed by atoms with Gasteiger partial charge in [-0.05, 0) is 24.3 Å². The molecule has 0 saturated heterocycles. The van der Waals surface area contributed by atoms with E-state index in [1.54, 1.807) is 0 Å². The van der Waals surface area contributed by atoms with Crippen LogP contribution < -0.4 is 0 Å². The number of alkyl halides is 3. The van der Waals surface area contributed by atoms with Gasteiger partial charge >= 0.3 is 12.1 Å². The van der Waals surface area contributed by atoms with Crippen molar-refractivity contribution in [1.29, 1.82) is 0 Å². The van der Waals surface area contributed by atoms with E-state index in [0.717, 1.165) is 18.2 Å². The Labute approximate surface area is 116 Å². The van der Waals surface area contributed by atoms with Crippen LogP contribution in [0.5, 0.6) is 0 Å². The fourth-order valence-corrected chi connectivity index (χ4v) is 1.83. The van der Waals surface area contributed by atoms with Crippen molar-refractivity contribution in [2.24, 2.45) is 0 Å². The van der Waals surface area contributed by atoms with Crippen LogP contribution in [-0.4, -0.2) is 16.1 Å². The number of hydrogen-bond acceptors (Lipinski definition) is 2. The number of nitrogens with zero attached hydrogens (tertiary/aromatic N) is 1. The van der Waals surface area contributed by atoms with E-state index in [4.69, 9.17) is 16.7 Å². The smallest absolute Gasteiger partial charge is 0.416 e. The predicted octanol–water partition coefficient (Wildman–Crippen LogP) is 4.12. The fourth-order valence-electron chi connectivity index (χ4n) is 1.62. The maximum Gasteiger partial charge on any atom is 0.416 e. The van der Waals surface area contributed by atoms with Gasteiger partial charge in [0.1, 0.15) is 5.15 Å². The van der Waals surface area contributed by atoms with Crippen molar-refractivity contribution in [3.8, 4) is 11.3 Å². The summed E-state index contributed by atoms with van der Waals surface area (Å²) in [7, 11) is 0. The van der Waals surface area contributed by atoms with Gasteiger partial charge in [-0.3, -0.25) is 0 Å². The summed E-state index contributed by atoms with van der Waals surface area (Å²) in [6, 6.07) is 6.74. The van der Waals surface area contributed by atoms with Crippen molar-refractivity contribution in [3.63, 3.8) is 0 Å². The Balaban J connectivity index is 2.54. The summed E-state index contributed by atoms with van der Waals surface area (Å²) in [5, 5.41) is 8.80. The maximum absolute atomic E-state index is 12.6. The molecule has 1 heterocycles. The first-order chi connectivity index (χ1) is 9.27. The zero-order valence-electron chi connectivity index (χ0n) is 9.78. The zero-order valence-corrected chi connectivity index (χ0v) is 10.5. The average Bonchev–Trinajstić information content (AvgIpc) is 2.37. The molecule has 2 rings (SSSR count). The molecule has 0 aliphatic carbocycles. The Morgan fingerprint density at radius 3 is 2.50 bits per heavy atom. The second-order valence-corrected chi connectivity index (χ2v) is 4.33. The number of benzene rings is 1. The molecular formula is C13H7ClF3NO2. The third-order valence-corrected chi connectivity index (χ3v) is 2.72. The molecule has 0 saturated carbocycles. The molecule has 0 bridgehead atoms. The van der Waals surface area contributed by atoms with Crippen molar-refractivity contribution >= 4 is 17.6 Å². The van der Waals surface area contributed by atoms with Crippen LogP contribution in [0.1, 0.15) is 15.9 Å². The average molecular weight is 302 g/mol. The van der Waals surface area contributed by atoms with Crippen LogP contribution in [-0.2, 0) is 6.18 Å². The van der Waals surface area contributed by atoms with Gasteiger partial charge in [0.05, 0.1) is 16.8 Å². The van der Waals surface area contributed by atoms with E-state index < -0.39 is 17.7 Å². The molecule has 0 aliphatic rings. The third-order valence-electron chi connectivity index (χ3n) is 2.53. The Hall–Kier alpha value is -2.08. The summed E-state index contributed by atoms with van der Waals surface area (Å²) in [6.45, 7) is 0. The molecule has 104 valence electrons. The quantitative estimate of drug-likeness (QED) is 0.849. The molecule has 1 aromatic carbocycles. The summed E-state index contributed by atoms with van der Waals surface area (Å²) in [5.41, 5.74) is -0.767. The number of carbonyl (C=O) groups is 1. The van der Waals surface area contributed by atoms with Crippen LogP contribution in [0, 0.1) is 0 Å². The van der Waals surface area contributed by atoms with E-state index in [2.05, 4.69) is 4.98 Å². The standard InChI is InChI=1S/C13H7ClF3NO2/c14-11-6-8(12(19)20)5-10(18-11)7-2-1-3-9(4-7)13(15,16)17/h1-6H,(H,19,20). The lowest BCUT2D eigenvalue weighted by Crippen LogP contribution is -2.05. The minimum atomic E-state index is -4.48. The van der Waals surface area contributed by atoms with Crippen molar-refractivity contribution in [1.82, 2.24) is 4.98 Å². The Morgan fingerprint density at radius 1 is 1.20 bits per heavy atom. The highest BCUT2D eigenvalue weighted by Gasteiger charge is 2.30. The highest BCUT2D eigenvalue weighted by molar-refractivity contribution is 6.29. The lowest BCUT2D eigenvalue weighted by Gasteiger charge is -2.09. The highest BCUT2D eigenvalue weighted by atomic mass is 35.5. The fraction of sp³-hybridized carbons (Fsp3) is 0.0769. The molecule has 1 N–H and O–H groups in total. The topological polar surface area (TPSA) is 50.2 Å². The molecule has 2 aromatic rings. The second kappa shape index (κ2) is 5.13. The first kappa shape index (κ1) is 14.3. The van der Waals surface area contributed by atoms with Gasteiger partial charge in [-0.2, -0.15) is 13.2 Å². The van der Waals surface area contributed by atoms with Crippen LogP contribution in [0.2, 0.25) is 5.15 Å². The molecule has 3 nitrogen and oxygen atoms in total. The van der Waals surface area contributed by atoms with Crippen LogP contribution >= 0.6 is 11.6 Å². The predicted molar refractivity (Wildman–Crippen MR) is 66.6 cm³/mol. The van der Waals surface area contributed by atoms with Gasteiger partial charge in [0.2, 0.25) is 0 Å². The van der Waals surface area contributed by atoms with Crippen LogP contribution in [0.3, 0.4) is 0 Å². The van der Waals surface area contributed by atoms with Crippen LogP contribution in [0.4, 0.5) is 13.2 Å². The summed E-state index contributed by atoms with van der Waals surface area (Å²) >= 11 is 5.68. The van der Waals surface area contributed by atoms with E-state index in [1.807, 2.05) is 0 Å². The monoisotopic (exact) mass is 301 g/mol. The Morgan fingerprint density at radius 2 is 1.90 bits per heavy atom. The number of rotatable bonds is 2. The van der Waals surface area contributed by atoms with E-state index in [-0.39, 0.29) is 22.0 Å². The first-order valence-corrected chi connectivity index (χ1v) is 5.73. The number of carboxylic acids is 1. The number of aromatic nitrogens is 1. The van der Waals surface area contributed by atoms with Crippen molar-refractivity contribution in [2.75, 3.05) is 0 Å². The second-order valence-electron chi connectivity index (χ2n) is 3.95. The Bertz CT molecular complexity index is 671. The molecule has 0 unspecified atom stereocenters. The summed E-state index contributed by atoms with van der Waals surface area (Å²) < 4.78 is 37.9. The van der Waals surface area contributed by atoms with Crippen LogP contribution in [0.25, 0.3) is 11.3 Å².